The van der Waals surface area contributed by atoms with Gasteiger partial charge in [-0.2, -0.15) is 0 Å². The van der Waals surface area contributed by atoms with E-state index in [1.807, 2.05) is 0 Å². The lowest BCUT2D eigenvalue weighted by Gasteiger charge is -2.27. The molecule has 1 N–H and O–H groups in total. The zero-order chi connectivity index (χ0) is 13.5. The largest absolute Gasteiger partial charge is 0.371 e. The molecule has 1 aromatic rings. The first-order chi connectivity index (χ1) is 8.58. The molecule has 0 aliphatic carbocycles. The fourth-order valence-corrected chi connectivity index (χ4v) is 2.29. The van der Waals surface area contributed by atoms with Gasteiger partial charge in [0.05, 0.1) is 0 Å². The predicted octanol–water partition coefficient (Wildman–Crippen LogP) is 3.59. The van der Waals surface area contributed by atoms with Gasteiger partial charge in [-0.25, -0.2) is 0 Å². The first-order valence-corrected chi connectivity index (χ1v) is 7.13. The van der Waals surface area contributed by atoms with E-state index in [2.05, 4.69) is 63.0 Å². The van der Waals surface area contributed by atoms with Gasteiger partial charge < -0.3 is 10.2 Å². The molecule has 0 unspecified atom stereocenters. The zero-order valence-electron chi connectivity index (χ0n) is 12.6. The maximum atomic E-state index is 3.37. The third-order valence-corrected chi connectivity index (χ3v) is 3.15. The normalized spacial score (nSPS) is 11.0. The van der Waals surface area contributed by atoms with Crippen molar-refractivity contribution in [1.82, 2.24) is 5.32 Å². The smallest absolute Gasteiger partial charge is 0.0396 e. The number of anilines is 1. The van der Waals surface area contributed by atoms with E-state index in [1.165, 1.54) is 16.8 Å². The number of aryl methyl sites for hydroxylation is 1. The van der Waals surface area contributed by atoms with Crippen LogP contribution in [0.1, 0.15) is 38.8 Å². The van der Waals surface area contributed by atoms with Crippen LogP contribution in [0.4, 0.5) is 5.69 Å². The van der Waals surface area contributed by atoms with E-state index >= 15 is 0 Å². The van der Waals surface area contributed by atoms with Gasteiger partial charge in [-0.15, -0.1) is 0 Å². The highest BCUT2D eigenvalue weighted by molar-refractivity contribution is 5.54. The predicted molar refractivity (Wildman–Crippen MR) is 81.3 cm³/mol. The first-order valence-electron chi connectivity index (χ1n) is 7.13. The number of benzene rings is 1. The lowest BCUT2D eigenvalue weighted by molar-refractivity contribution is 0.618. The van der Waals surface area contributed by atoms with Gasteiger partial charge in [0.25, 0.3) is 0 Å². The summed E-state index contributed by atoms with van der Waals surface area (Å²) in [6.45, 7) is 15.3. The highest BCUT2D eigenvalue weighted by Crippen LogP contribution is 2.22. The van der Waals surface area contributed by atoms with Gasteiger partial charge in [-0.3, -0.25) is 0 Å². The van der Waals surface area contributed by atoms with E-state index < -0.39 is 0 Å². The maximum Gasteiger partial charge on any atom is 0.0396 e. The van der Waals surface area contributed by atoms with Gasteiger partial charge >= 0.3 is 0 Å². The number of rotatable bonds is 7. The summed E-state index contributed by atoms with van der Waals surface area (Å²) in [5.74, 6) is 0.700. The topological polar surface area (TPSA) is 15.3 Å². The van der Waals surface area contributed by atoms with Gasteiger partial charge in [0.1, 0.15) is 0 Å². The molecule has 0 amide bonds. The van der Waals surface area contributed by atoms with Crippen LogP contribution >= 0.6 is 0 Å². The molecule has 0 fully saturated rings. The molecule has 1 aromatic carbocycles. The Labute approximate surface area is 112 Å². The average Bonchev–Trinajstić information content (AvgIpc) is 2.33. The summed E-state index contributed by atoms with van der Waals surface area (Å²) in [6, 6.07) is 6.82. The zero-order valence-corrected chi connectivity index (χ0v) is 12.6. The van der Waals surface area contributed by atoms with Crippen LogP contribution in [0, 0.1) is 12.8 Å². The van der Waals surface area contributed by atoms with Crippen LogP contribution in [-0.4, -0.2) is 19.6 Å². The molecular weight excluding hydrogens is 220 g/mol. The molecule has 0 aromatic heterocycles. The highest BCUT2D eigenvalue weighted by atomic mass is 15.1. The van der Waals surface area contributed by atoms with Crippen molar-refractivity contribution in [2.75, 3.05) is 24.5 Å². The molecule has 0 aliphatic heterocycles. The Balaban J connectivity index is 2.82. The van der Waals surface area contributed by atoms with Crippen molar-refractivity contribution in [3.05, 3.63) is 29.3 Å². The molecule has 102 valence electrons. The molecule has 0 spiro atoms. The first kappa shape index (κ1) is 15.0. The van der Waals surface area contributed by atoms with Crippen molar-refractivity contribution in [1.29, 1.82) is 0 Å². The number of nitrogens with zero attached hydrogens (tertiary/aromatic N) is 1. The molecule has 0 atom stereocenters. The van der Waals surface area contributed by atoms with Crippen molar-refractivity contribution in [3.63, 3.8) is 0 Å². The van der Waals surface area contributed by atoms with E-state index in [9.17, 15) is 0 Å². The van der Waals surface area contributed by atoms with E-state index in [-0.39, 0.29) is 0 Å². The Morgan fingerprint density at radius 3 is 2.44 bits per heavy atom. The van der Waals surface area contributed by atoms with E-state index in [1.54, 1.807) is 0 Å². The fraction of sp³-hybridized carbons (Fsp3) is 0.625. The summed E-state index contributed by atoms with van der Waals surface area (Å²) in [5, 5.41) is 3.37. The second kappa shape index (κ2) is 7.42. The summed E-state index contributed by atoms with van der Waals surface area (Å²) in [4.78, 5) is 2.47. The lowest BCUT2D eigenvalue weighted by Crippen LogP contribution is -2.27. The van der Waals surface area contributed by atoms with Gasteiger partial charge in [0.15, 0.2) is 0 Å². The third kappa shape index (κ3) is 4.34. The molecular formula is C16H28N2. The molecule has 2 nitrogen and oxygen atoms in total. The van der Waals surface area contributed by atoms with Crippen molar-refractivity contribution < 1.29 is 0 Å². The van der Waals surface area contributed by atoms with E-state index in [0.29, 0.717) is 5.92 Å². The Morgan fingerprint density at radius 2 is 1.94 bits per heavy atom. The van der Waals surface area contributed by atoms with Crippen LogP contribution in [0.25, 0.3) is 0 Å². The van der Waals surface area contributed by atoms with Crippen LogP contribution in [0.3, 0.4) is 0 Å². The van der Waals surface area contributed by atoms with Gasteiger partial charge in [0, 0.05) is 25.3 Å². The molecule has 0 saturated heterocycles. The molecule has 1 rings (SSSR count). The lowest BCUT2D eigenvalue weighted by atomic mass is 10.1. The van der Waals surface area contributed by atoms with Crippen LogP contribution in [0.15, 0.2) is 18.2 Å². The summed E-state index contributed by atoms with van der Waals surface area (Å²) in [7, 11) is 0. The Hall–Kier alpha value is -1.02. The highest BCUT2D eigenvalue weighted by Gasteiger charge is 2.09. The van der Waals surface area contributed by atoms with E-state index in [0.717, 1.165) is 26.2 Å². The molecule has 0 radical (unpaired) electrons. The molecule has 0 heterocycles. The number of hydrogen-bond donors (Lipinski definition) is 1. The second-order valence-electron chi connectivity index (χ2n) is 5.33. The molecule has 18 heavy (non-hydrogen) atoms. The quantitative estimate of drug-likeness (QED) is 0.793. The van der Waals surface area contributed by atoms with Crippen molar-refractivity contribution >= 4 is 5.69 Å². The summed E-state index contributed by atoms with van der Waals surface area (Å²) in [5.41, 5.74) is 4.14. The molecule has 0 aliphatic rings. The van der Waals surface area contributed by atoms with Crippen molar-refractivity contribution in [2.45, 2.75) is 41.2 Å². The number of nitrogens with one attached hydrogen (secondary N) is 1. The standard InChI is InChI=1S/C16H28N2/c1-6-17-11-15-8-9-16(14(5)10-15)18(7-2)12-13(3)4/h8-10,13,17H,6-7,11-12H2,1-5H3. The number of hydrogen-bond acceptors (Lipinski definition) is 2. The van der Waals surface area contributed by atoms with Gasteiger partial charge in [0.2, 0.25) is 0 Å². The average molecular weight is 248 g/mol. The fourth-order valence-electron chi connectivity index (χ4n) is 2.29. The van der Waals surface area contributed by atoms with Crippen LogP contribution < -0.4 is 10.2 Å². The summed E-state index contributed by atoms with van der Waals surface area (Å²) in [6.07, 6.45) is 0. The molecule has 0 saturated carbocycles. The second-order valence-corrected chi connectivity index (χ2v) is 5.33. The van der Waals surface area contributed by atoms with E-state index in [4.69, 9.17) is 0 Å². The summed E-state index contributed by atoms with van der Waals surface area (Å²) < 4.78 is 0. The maximum absolute atomic E-state index is 3.37. The van der Waals surface area contributed by atoms with Crippen LogP contribution in [0.5, 0.6) is 0 Å². The summed E-state index contributed by atoms with van der Waals surface area (Å²) >= 11 is 0. The Kier molecular flexibility index (Phi) is 6.20. The SMILES string of the molecule is CCNCc1ccc(N(CC)CC(C)C)c(C)c1. The minimum atomic E-state index is 0.700. The van der Waals surface area contributed by atoms with Crippen LogP contribution in [0.2, 0.25) is 0 Å². The monoisotopic (exact) mass is 248 g/mol. The minimum absolute atomic E-state index is 0.700. The van der Waals surface area contributed by atoms with Crippen molar-refractivity contribution in [3.8, 4) is 0 Å². The third-order valence-electron chi connectivity index (χ3n) is 3.15. The molecule has 2 heteroatoms. The molecule has 0 bridgehead atoms. The van der Waals surface area contributed by atoms with Crippen LogP contribution in [-0.2, 0) is 6.54 Å². The van der Waals surface area contributed by atoms with Crippen molar-refractivity contribution in [2.24, 2.45) is 5.92 Å². The van der Waals surface area contributed by atoms with Gasteiger partial charge in [-0.1, -0.05) is 32.9 Å². The van der Waals surface area contributed by atoms with Gasteiger partial charge in [-0.05, 0) is 43.5 Å². The minimum Gasteiger partial charge on any atom is -0.371 e. The Morgan fingerprint density at radius 1 is 1.22 bits per heavy atom. The Bertz CT molecular complexity index is 358.